The second-order valence-corrected chi connectivity index (χ2v) is 6.14. The first-order valence-electron chi connectivity index (χ1n) is 8.35. The zero-order chi connectivity index (χ0) is 20.1. The molecule has 0 radical (unpaired) electrons. The van der Waals surface area contributed by atoms with E-state index in [1.54, 1.807) is 48.5 Å². The average Bonchev–Trinajstić information content (AvgIpc) is 3.17. The van der Waals surface area contributed by atoms with Gasteiger partial charge in [0.05, 0.1) is 5.69 Å². The molecule has 2 N–H and O–H groups in total. The summed E-state index contributed by atoms with van der Waals surface area (Å²) in [5, 5.41) is 15.3. The van der Waals surface area contributed by atoms with Gasteiger partial charge in [-0.05, 0) is 40.6 Å². The monoisotopic (exact) mass is 390 g/mol. The van der Waals surface area contributed by atoms with Crippen LogP contribution in [0.1, 0.15) is 11.1 Å². The SMILES string of the molecule is Cc1ccc(NC(=O)N[C@H](Cc2ccccc2)C(F)(F)F)cc1-n1cnnn1. The second-order valence-electron chi connectivity index (χ2n) is 6.14. The van der Waals surface area contributed by atoms with Gasteiger partial charge in [0.2, 0.25) is 0 Å². The van der Waals surface area contributed by atoms with E-state index >= 15 is 0 Å². The minimum atomic E-state index is -4.59. The van der Waals surface area contributed by atoms with E-state index in [2.05, 4.69) is 20.8 Å². The fourth-order valence-electron chi connectivity index (χ4n) is 2.63. The maximum Gasteiger partial charge on any atom is 0.408 e. The molecule has 2 amide bonds. The zero-order valence-corrected chi connectivity index (χ0v) is 14.8. The highest BCUT2D eigenvalue weighted by molar-refractivity contribution is 5.90. The van der Waals surface area contributed by atoms with Crippen LogP contribution in [0.25, 0.3) is 5.69 Å². The molecule has 0 saturated heterocycles. The highest BCUT2D eigenvalue weighted by atomic mass is 19.4. The van der Waals surface area contributed by atoms with Crippen molar-refractivity contribution in [1.29, 1.82) is 0 Å². The molecule has 7 nitrogen and oxygen atoms in total. The molecular formula is C18H17F3N6O. The number of urea groups is 1. The standard InChI is InChI=1S/C18H17F3N6O/c1-12-7-8-14(10-15(12)27-11-22-25-26-27)23-17(28)24-16(18(19,20)21)9-13-5-3-2-4-6-13/h2-8,10-11,16H,9H2,1H3,(H2,23,24,28)/t16-/m1/s1. The number of halogens is 3. The number of nitrogens with one attached hydrogen (secondary N) is 2. The number of rotatable bonds is 5. The molecule has 10 heteroatoms. The Kier molecular flexibility index (Phi) is 5.57. The Hall–Kier alpha value is -3.43. The van der Waals surface area contributed by atoms with Gasteiger partial charge in [-0.15, -0.1) is 5.10 Å². The molecule has 0 saturated carbocycles. The number of amides is 2. The van der Waals surface area contributed by atoms with E-state index in [1.165, 1.54) is 11.0 Å². The van der Waals surface area contributed by atoms with Crippen LogP contribution in [0.2, 0.25) is 0 Å². The van der Waals surface area contributed by atoms with Crippen LogP contribution in [-0.4, -0.2) is 38.5 Å². The molecule has 1 aromatic heterocycles. The Balaban J connectivity index is 1.72. The first-order valence-corrected chi connectivity index (χ1v) is 8.35. The molecule has 0 spiro atoms. The summed E-state index contributed by atoms with van der Waals surface area (Å²) in [4.78, 5) is 12.2. The second kappa shape index (κ2) is 8.07. The van der Waals surface area contributed by atoms with E-state index in [0.717, 1.165) is 5.56 Å². The Labute approximate surface area is 158 Å². The van der Waals surface area contributed by atoms with Crippen molar-refractivity contribution < 1.29 is 18.0 Å². The van der Waals surface area contributed by atoms with E-state index in [0.29, 0.717) is 16.9 Å². The summed E-state index contributed by atoms with van der Waals surface area (Å²) in [7, 11) is 0. The van der Waals surface area contributed by atoms with Crippen LogP contribution in [0.5, 0.6) is 0 Å². The van der Waals surface area contributed by atoms with Crippen LogP contribution in [0.3, 0.4) is 0 Å². The molecule has 0 aliphatic heterocycles. The number of hydrogen-bond acceptors (Lipinski definition) is 4. The number of nitrogens with zero attached hydrogens (tertiary/aromatic N) is 4. The summed E-state index contributed by atoms with van der Waals surface area (Å²) in [5.41, 5.74) is 2.21. The van der Waals surface area contributed by atoms with Crippen LogP contribution in [0.15, 0.2) is 54.9 Å². The quantitative estimate of drug-likeness (QED) is 0.700. The number of carbonyl (C=O) groups excluding carboxylic acids is 1. The smallest absolute Gasteiger partial charge is 0.326 e. The third-order valence-electron chi connectivity index (χ3n) is 4.05. The van der Waals surface area contributed by atoms with Gasteiger partial charge in [-0.3, -0.25) is 0 Å². The maximum absolute atomic E-state index is 13.3. The van der Waals surface area contributed by atoms with Gasteiger partial charge in [0.15, 0.2) is 0 Å². The lowest BCUT2D eigenvalue weighted by Gasteiger charge is -2.22. The first-order chi connectivity index (χ1) is 13.3. The molecule has 3 aromatic rings. The van der Waals surface area contributed by atoms with Crippen LogP contribution in [0.4, 0.5) is 23.7 Å². The van der Waals surface area contributed by atoms with Crippen molar-refractivity contribution in [3.05, 3.63) is 66.0 Å². The Morgan fingerprint density at radius 1 is 1.18 bits per heavy atom. The fourth-order valence-corrected chi connectivity index (χ4v) is 2.63. The molecule has 0 unspecified atom stereocenters. The van der Waals surface area contributed by atoms with E-state index in [4.69, 9.17) is 0 Å². The summed E-state index contributed by atoms with van der Waals surface area (Å²) in [6.45, 7) is 1.82. The molecule has 0 aliphatic rings. The Morgan fingerprint density at radius 3 is 2.57 bits per heavy atom. The van der Waals surface area contributed by atoms with Gasteiger partial charge in [-0.1, -0.05) is 36.4 Å². The fraction of sp³-hybridized carbons (Fsp3) is 0.222. The molecule has 0 fully saturated rings. The van der Waals surface area contributed by atoms with Crippen LogP contribution in [-0.2, 0) is 6.42 Å². The summed E-state index contributed by atoms with van der Waals surface area (Å²) < 4.78 is 41.4. The van der Waals surface area contributed by atoms with Crippen molar-refractivity contribution in [2.45, 2.75) is 25.6 Å². The third kappa shape index (κ3) is 4.84. The number of carbonyl (C=O) groups is 1. The van der Waals surface area contributed by atoms with Gasteiger partial charge < -0.3 is 10.6 Å². The van der Waals surface area contributed by atoms with Crippen molar-refractivity contribution in [1.82, 2.24) is 25.5 Å². The number of tetrazole rings is 1. The number of hydrogen-bond donors (Lipinski definition) is 2. The zero-order valence-electron chi connectivity index (χ0n) is 14.8. The summed E-state index contributed by atoms with van der Waals surface area (Å²) >= 11 is 0. The largest absolute Gasteiger partial charge is 0.408 e. The molecule has 1 atom stereocenters. The number of benzene rings is 2. The Morgan fingerprint density at radius 2 is 1.93 bits per heavy atom. The van der Waals surface area contributed by atoms with Crippen molar-refractivity contribution in [3.63, 3.8) is 0 Å². The first kappa shape index (κ1) is 19.3. The van der Waals surface area contributed by atoms with Gasteiger partial charge in [0, 0.05) is 12.1 Å². The third-order valence-corrected chi connectivity index (χ3v) is 4.05. The van der Waals surface area contributed by atoms with Crippen molar-refractivity contribution in [2.75, 3.05) is 5.32 Å². The highest BCUT2D eigenvalue weighted by Crippen LogP contribution is 2.24. The number of aryl methyl sites for hydroxylation is 1. The van der Waals surface area contributed by atoms with Gasteiger partial charge >= 0.3 is 12.2 Å². The molecule has 0 bridgehead atoms. The Bertz CT molecular complexity index is 928. The molecule has 3 rings (SSSR count). The van der Waals surface area contributed by atoms with Gasteiger partial charge in [-0.2, -0.15) is 13.2 Å². The van der Waals surface area contributed by atoms with E-state index in [-0.39, 0.29) is 6.42 Å². The average molecular weight is 390 g/mol. The van der Waals surface area contributed by atoms with Crippen LogP contribution in [0, 0.1) is 6.92 Å². The number of alkyl halides is 3. The van der Waals surface area contributed by atoms with Gasteiger partial charge in [0.25, 0.3) is 0 Å². The van der Waals surface area contributed by atoms with Gasteiger partial charge in [-0.25, -0.2) is 9.48 Å². The summed E-state index contributed by atoms with van der Waals surface area (Å²) in [5.74, 6) is 0. The lowest BCUT2D eigenvalue weighted by atomic mass is 10.1. The van der Waals surface area contributed by atoms with Crippen LogP contribution < -0.4 is 10.6 Å². The van der Waals surface area contributed by atoms with Gasteiger partial charge in [0.1, 0.15) is 12.4 Å². The maximum atomic E-state index is 13.3. The lowest BCUT2D eigenvalue weighted by Crippen LogP contribution is -2.48. The molecular weight excluding hydrogens is 373 g/mol. The molecule has 146 valence electrons. The van der Waals surface area contributed by atoms with Crippen molar-refractivity contribution in [3.8, 4) is 5.69 Å². The number of aromatic nitrogens is 4. The highest BCUT2D eigenvalue weighted by Gasteiger charge is 2.40. The number of anilines is 1. The molecule has 2 aromatic carbocycles. The predicted molar refractivity (Wildman–Crippen MR) is 96.0 cm³/mol. The normalized spacial score (nSPS) is 12.4. The minimum absolute atomic E-state index is 0.314. The van der Waals surface area contributed by atoms with E-state index in [1.807, 2.05) is 12.2 Å². The molecule has 0 aliphatic carbocycles. The van der Waals surface area contributed by atoms with E-state index in [9.17, 15) is 18.0 Å². The van der Waals surface area contributed by atoms with Crippen molar-refractivity contribution in [2.24, 2.45) is 0 Å². The van der Waals surface area contributed by atoms with Crippen molar-refractivity contribution >= 4 is 11.7 Å². The lowest BCUT2D eigenvalue weighted by molar-refractivity contribution is -0.152. The minimum Gasteiger partial charge on any atom is -0.326 e. The molecule has 1 heterocycles. The topological polar surface area (TPSA) is 84.7 Å². The predicted octanol–water partition coefficient (Wildman–Crippen LogP) is 3.27. The molecule has 28 heavy (non-hydrogen) atoms. The van der Waals surface area contributed by atoms with E-state index < -0.39 is 18.2 Å². The van der Waals surface area contributed by atoms with Crippen LogP contribution >= 0.6 is 0 Å². The summed E-state index contributed by atoms with van der Waals surface area (Å²) in [6.07, 6.45) is -3.56. The summed E-state index contributed by atoms with van der Waals surface area (Å²) in [6, 6.07) is 10.1.